The van der Waals surface area contributed by atoms with Crippen LogP contribution in [0, 0.1) is 0 Å². The molecule has 2 rings (SSSR count). The number of methoxy groups -OCH3 is 1. The Bertz CT molecular complexity index is 825. The fraction of sp³-hybridized carbons (Fsp3) is 0.267. The van der Waals surface area contributed by atoms with Gasteiger partial charge in [0.2, 0.25) is 10.0 Å². The molecule has 1 aromatic heterocycles. The van der Waals surface area contributed by atoms with Crippen LogP contribution in [-0.2, 0) is 16.6 Å². The minimum atomic E-state index is -3.57. The van der Waals surface area contributed by atoms with E-state index in [1.807, 2.05) is 12.1 Å². The molecule has 0 aliphatic heterocycles. The van der Waals surface area contributed by atoms with Crippen LogP contribution in [0.2, 0.25) is 0 Å². The van der Waals surface area contributed by atoms with Crippen LogP contribution >= 0.6 is 0 Å². The number of hydrogen-bond acceptors (Lipinski definition) is 4. The standard InChI is InChI=1S/C15H18N2O4S/c1-16(2)22(19,20)14-7-8-15(18)17(11-14)10-12-5-4-6-13(9-12)21-3/h4-9,11H,10H2,1-3H3. The fourth-order valence-electron chi connectivity index (χ4n) is 1.96. The van der Waals surface area contributed by atoms with Crippen molar-refractivity contribution >= 4 is 10.0 Å². The predicted octanol–water partition coefficient (Wildman–Crippen LogP) is 1.16. The second-order valence-corrected chi connectivity index (χ2v) is 7.12. The second-order valence-electron chi connectivity index (χ2n) is 4.97. The molecule has 22 heavy (non-hydrogen) atoms. The van der Waals surface area contributed by atoms with Crippen LogP contribution in [0.25, 0.3) is 0 Å². The molecule has 1 heterocycles. The number of aromatic nitrogens is 1. The fourth-order valence-corrected chi connectivity index (χ4v) is 2.89. The van der Waals surface area contributed by atoms with Gasteiger partial charge in [-0.25, -0.2) is 12.7 Å². The van der Waals surface area contributed by atoms with Gasteiger partial charge in [0.15, 0.2) is 0 Å². The molecule has 0 saturated heterocycles. The number of pyridine rings is 1. The largest absolute Gasteiger partial charge is 0.497 e. The molecule has 0 saturated carbocycles. The van der Waals surface area contributed by atoms with Gasteiger partial charge in [-0.1, -0.05) is 12.1 Å². The Hall–Kier alpha value is -2.12. The Kier molecular flexibility index (Phi) is 4.68. The first-order valence-electron chi connectivity index (χ1n) is 6.60. The van der Waals surface area contributed by atoms with Crippen LogP contribution in [0.4, 0.5) is 0 Å². The normalized spacial score (nSPS) is 11.6. The van der Waals surface area contributed by atoms with Crippen molar-refractivity contribution in [3.05, 3.63) is 58.5 Å². The van der Waals surface area contributed by atoms with Crippen LogP contribution in [0.1, 0.15) is 5.56 Å². The number of sulfonamides is 1. The first kappa shape index (κ1) is 16.3. The van der Waals surface area contributed by atoms with Gasteiger partial charge in [-0.15, -0.1) is 0 Å². The highest BCUT2D eigenvalue weighted by molar-refractivity contribution is 7.89. The van der Waals surface area contributed by atoms with Crippen molar-refractivity contribution < 1.29 is 13.2 Å². The van der Waals surface area contributed by atoms with Gasteiger partial charge in [0.05, 0.1) is 18.6 Å². The molecule has 2 aromatic rings. The quantitative estimate of drug-likeness (QED) is 0.828. The lowest BCUT2D eigenvalue weighted by Gasteiger charge is -2.13. The van der Waals surface area contributed by atoms with E-state index in [4.69, 9.17) is 4.74 Å². The molecule has 0 aliphatic carbocycles. The lowest BCUT2D eigenvalue weighted by molar-refractivity contribution is 0.414. The SMILES string of the molecule is COc1cccc(Cn2cc(S(=O)(=O)N(C)C)ccc2=O)c1. The molecule has 0 N–H and O–H groups in total. The third-order valence-electron chi connectivity index (χ3n) is 3.22. The van der Waals surface area contributed by atoms with E-state index >= 15 is 0 Å². The van der Waals surface area contributed by atoms with Crippen LogP contribution in [0.5, 0.6) is 5.75 Å². The Morgan fingerprint density at radius 2 is 1.91 bits per heavy atom. The van der Waals surface area contributed by atoms with Gasteiger partial charge in [-0.05, 0) is 23.8 Å². The van der Waals surface area contributed by atoms with E-state index in [1.165, 1.54) is 37.0 Å². The molecule has 0 spiro atoms. The third-order valence-corrected chi connectivity index (χ3v) is 5.02. The van der Waals surface area contributed by atoms with E-state index in [9.17, 15) is 13.2 Å². The summed E-state index contributed by atoms with van der Waals surface area (Å²) in [5.74, 6) is 0.683. The van der Waals surface area contributed by atoms with Crippen LogP contribution < -0.4 is 10.3 Å². The van der Waals surface area contributed by atoms with E-state index in [-0.39, 0.29) is 17.0 Å². The summed E-state index contributed by atoms with van der Waals surface area (Å²) in [6.07, 6.45) is 1.36. The highest BCUT2D eigenvalue weighted by atomic mass is 32.2. The van der Waals surface area contributed by atoms with Crippen LogP contribution in [-0.4, -0.2) is 38.5 Å². The van der Waals surface area contributed by atoms with Crippen molar-refractivity contribution in [1.82, 2.24) is 8.87 Å². The van der Waals surface area contributed by atoms with Gasteiger partial charge in [-0.2, -0.15) is 0 Å². The molecule has 0 radical (unpaired) electrons. The van der Waals surface area contributed by atoms with Crippen LogP contribution in [0.3, 0.4) is 0 Å². The van der Waals surface area contributed by atoms with Crippen molar-refractivity contribution in [2.24, 2.45) is 0 Å². The molecule has 0 bridgehead atoms. The number of ether oxygens (including phenoxy) is 1. The topological polar surface area (TPSA) is 68.6 Å². The van der Waals surface area contributed by atoms with Crippen molar-refractivity contribution in [3.63, 3.8) is 0 Å². The van der Waals surface area contributed by atoms with Gasteiger partial charge >= 0.3 is 0 Å². The number of rotatable bonds is 5. The van der Waals surface area contributed by atoms with Crippen molar-refractivity contribution in [3.8, 4) is 5.75 Å². The zero-order valence-corrected chi connectivity index (χ0v) is 13.5. The lowest BCUT2D eigenvalue weighted by atomic mass is 10.2. The highest BCUT2D eigenvalue weighted by Crippen LogP contribution is 2.15. The lowest BCUT2D eigenvalue weighted by Crippen LogP contribution is -2.26. The van der Waals surface area contributed by atoms with Gasteiger partial charge in [0, 0.05) is 26.4 Å². The molecule has 6 nitrogen and oxygen atoms in total. The number of hydrogen-bond donors (Lipinski definition) is 0. The summed E-state index contributed by atoms with van der Waals surface area (Å²) >= 11 is 0. The van der Waals surface area contributed by atoms with Gasteiger partial charge in [0.25, 0.3) is 5.56 Å². The highest BCUT2D eigenvalue weighted by Gasteiger charge is 2.18. The molecule has 0 amide bonds. The average molecular weight is 322 g/mol. The molecule has 7 heteroatoms. The maximum atomic E-state index is 12.1. The van der Waals surface area contributed by atoms with E-state index in [0.29, 0.717) is 5.75 Å². The summed E-state index contributed by atoms with van der Waals surface area (Å²) in [6.45, 7) is 0.271. The maximum absolute atomic E-state index is 12.1. The Morgan fingerprint density at radius 1 is 1.18 bits per heavy atom. The predicted molar refractivity (Wildman–Crippen MR) is 83.7 cm³/mol. The summed E-state index contributed by atoms with van der Waals surface area (Å²) in [4.78, 5) is 12.0. The minimum absolute atomic E-state index is 0.0833. The monoisotopic (exact) mass is 322 g/mol. The Morgan fingerprint density at radius 3 is 2.55 bits per heavy atom. The molecular formula is C15H18N2O4S. The molecule has 0 unspecified atom stereocenters. The first-order chi connectivity index (χ1) is 10.3. The number of nitrogens with zero attached hydrogens (tertiary/aromatic N) is 2. The maximum Gasteiger partial charge on any atom is 0.250 e. The Labute approximate surface area is 129 Å². The molecule has 0 fully saturated rings. The molecule has 0 atom stereocenters. The summed E-state index contributed by atoms with van der Waals surface area (Å²) in [7, 11) is 0.895. The molecule has 118 valence electrons. The third kappa shape index (κ3) is 3.37. The number of benzene rings is 1. The van der Waals surface area contributed by atoms with E-state index in [2.05, 4.69) is 0 Å². The summed E-state index contributed by atoms with van der Waals surface area (Å²) < 4.78 is 31.9. The van der Waals surface area contributed by atoms with Crippen LogP contribution in [0.15, 0.2) is 52.3 Å². The van der Waals surface area contributed by atoms with Gasteiger partial charge < -0.3 is 9.30 Å². The van der Waals surface area contributed by atoms with E-state index in [0.717, 1.165) is 9.87 Å². The smallest absolute Gasteiger partial charge is 0.250 e. The summed E-state index contributed by atoms with van der Waals surface area (Å²) in [5, 5.41) is 0. The first-order valence-corrected chi connectivity index (χ1v) is 8.04. The van der Waals surface area contributed by atoms with Crippen molar-refractivity contribution in [2.75, 3.05) is 21.2 Å². The zero-order valence-electron chi connectivity index (χ0n) is 12.7. The molecule has 1 aromatic carbocycles. The van der Waals surface area contributed by atoms with Crippen molar-refractivity contribution in [1.29, 1.82) is 0 Å². The van der Waals surface area contributed by atoms with Crippen molar-refractivity contribution in [2.45, 2.75) is 11.4 Å². The summed E-state index contributed by atoms with van der Waals surface area (Å²) in [6, 6.07) is 9.86. The molecular weight excluding hydrogens is 304 g/mol. The zero-order chi connectivity index (χ0) is 16.3. The van der Waals surface area contributed by atoms with E-state index in [1.54, 1.807) is 19.2 Å². The summed E-state index contributed by atoms with van der Waals surface area (Å²) in [5.41, 5.74) is 0.585. The second kappa shape index (κ2) is 6.33. The van der Waals surface area contributed by atoms with Gasteiger partial charge in [0.1, 0.15) is 5.75 Å². The van der Waals surface area contributed by atoms with Gasteiger partial charge in [-0.3, -0.25) is 4.79 Å². The Balaban J connectivity index is 2.41. The molecule has 0 aliphatic rings. The van der Waals surface area contributed by atoms with E-state index < -0.39 is 10.0 Å². The minimum Gasteiger partial charge on any atom is -0.497 e. The average Bonchev–Trinajstić information content (AvgIpc) is 2.49.